The summed E-state index contributed by atoms with van der Waals surface area (Å²) in [6.45, 7) is 8.33. The molecule has 2 atom stereocenters. The molecule has 82 valence electrons. The first-order chi connectivity index (χ1) is 6.79. The van der Waals surface area contributed by atoms with Crippen molar-refractivity contribution in [2.45, 2.75) is 51.6 Å². The van der Waals surface area contributed by atoms with E-state index in [4.69, 9.17) is 0 Å². The van der Waals surface area contributed by atoms with E-state index < -0.39 is 0 Å². The zero-order chi connectivity index (χ0) is 9.97. The Morgan fingerprint density at radius 1 is 1.36 bits per heavy atom. The summed E-state index contributed by atoms with van der Waals surface area (Å²) in [5, 5.41) is 3.56. The standard InChI is InChI=1S/C12H24N2/c1-3-13-12-6-7-14(9-12)10(2)8-11-4-5-11/h10-13H,3-9H2,1-2H3. The van der Waals surface area contributed by atoms with Gasteiger partial charge in [-0.25, -0.2) is 0 Å². The zero-order valence-electron chi connectivity index (χ0n) is 9.63. The predicted molar refractivity (Wildman–Crippen MR) is 60.5 cm³/mol. The van der Waals surface area contributed by atoms with E-state index in [-0.39, 0.29) is 0 Å². The first-order valence-electron chi connectivity index (χ1n) is 6.27. The van der Waals surface area contributed by atoms with Gasteiger partial charge in [-0.05, 0) is 32.2 Å². The molecule has 1 heterocycles. The van der Waals surface area contributed by atoms with Crippen LogP contribution in [0.15, 0.2) is 0 Å². The molecule has 2 fully saturated rings. The molecule has 0 radical (unpaired) electrons. The molecule has 1 aliphatic carbocycles. The molecule has 2 aliphatic rings. The van der Waals surface area contributed by atoms with Gasteiger partial charge >= 0.3 is 0 Å². The molecule has 0 bridgehead atoms. The summed E-state index contributed by atoms with van der Waals surface area (Å²) in [7, 11) is 0. The molecule has 2 unspecified atom stereocenters. The van der Waals surface area contributed by atoms with Gasteiger partial charge in [-0.2, -0.15) is 0 Å². The van der Waals surface area contributed by atoms with Crippen LogP contribution in [0.4, 0.5) is 0 Å². The summed E-state index contributed by atoms with van der Waals surface area (Å²) in [6, 6.07) is 1.59. The van der Waals surface area contributed by atoms with E-state index in [2.05, 4.69) is 24.1 Å². The number of rotatable bonds is 5. The highest BCUT2D eigenvalue weighted by Crippen LogP contribution is 2.35. The minimum absolute atomic E-state index is 0.765. The molecule has 2 heteroatoms. The third kappa shape index (κ3) is 2.71. The third-order valence-corrected chi connectivity index (χ3v) is 3.71. The highest BCUT2D eigenvalue weighted by Gasteiger charge is 2.30. The maximum atomic E-state index is 3.56. The number of likely N-dealkylation sites (tertiary alicyclic amines) is 1. The lowest BCUT2D eigenvalue weighted by Gasteiger charge is -2.24. The monoisotopic (exact) mass is 196 g/mol. The van der Waals surface area contributed by atoms with Crippen LogP contribution in [0.2, 0.25) is 0 Å². The Hall–Kier alpha value is -0.0800. The van der Waals surface area contributed by atoms with Crippen molar-refractivity contribution >= 4 is 0 Å². The van der Waals surface area contributed by atoms with E-state index in [1.807, 2.05) is 0 Å². The van der Waals surface area contributed by atoms with Crippen molar-refractivity contribution in [1.82, 2.24) is 10.2 Å². The molecule has 1 N–H and O–H groups in total. The molecule has 0 amide bonds. The predicted octanol–water partition coefficient (Wildman–Crippen LogP) is 1.86. The molecule has 0 aromatic rings. The number of hydrogen-bond acceptors (Lipinski definition) is 2. The average Bonchev–Trinajstić information content (AvgIpc) is 2.83. The number of hydrogen-bond donors (Lipinski definition) is 1. The fraction of sp³-hybridized carbons (Fsp3) is 1.00. The van der Waals surface area contributed by atoms with Gasteiger partial charge in [0.1, 0.15) is 0 Å². The summed E-state index contributed by atoms with van der Waals surface area (Å²) in [5.41, 5.74) is 0. The average molecular weight is 196 g/mol. The molecular weight excluding hydrogens is 172 g/mol. The van der Waals surface area contributed by atoms with Gasteiger partial charge in [0.25, 0.3) is 0 Å². The highest BCUT2D eigenvalue weighted by molar-refractivity contribution is 4.86. The Bertz CT molecular complexity index is 177. The first-order valence-corrected chi connectivity index (χ1v) is 6.27. The van der Waals surface area contributed by atoms with Gasteiger partial charge in [0.05, 0.1) is 0 Å². The molecule has 2 nitrogen and oxygen atoms in total. The van der Waals surface area contributed by atoms with E-state index in [1.165, 1.54) is 38.8 Å². The quantitative estimate of drug-likeness (QED) is 0.722. The van der Waals surface area contributed by atoms with Crippen LogP contribution in [0.1, 0.15) is 39.5 Å². The number of nitrogens with one attached hydrogen (secondary N) is 1. The van der Waals surface area contributed by atoms with Crippen LogP contribution in [-0.2, 0) is 0 Å². The third-order valence-electron chi connectivity index (χ3n) is 3.71. The SMILES string of the molecule is CCNC1CCN(C(C)CC2CC2)C1. The van der Waals surface area contributed by atoms with Gasteiger partial charge in [-0.1, -0.05) is 19.8 Å². The number of likely N-dealkylation sites (N-methyl/N-ethyl adjacent to an activating group) is 1. The van der Waals surface area contributed by atoms with Gasteiger partial charge in [0.15, 0.2) is 0 Å². The number of nitrogens with zero attached hydrogens (tertiary/aromatic N) is 1. The second-order valence-electron chi connectivity index (χ2n) is 5.07. The van der Waals surface area contributed by atoms with Gasteiger partial charge in [-0.15, -0.1) is 0 Å². The zero-order valence-corrected chi connectivity index (χ0v) is 9.63. The minimum atomic E-state index is 0.765. The van der Waals surface area contributed by atoms with Crippen LogP contribution in [-0.4, -0.2) is 36.6 Å². The van der Waals surface area contributed by atoms with E-state index in [0.717, 1.165) is 24.5 Å². The van der Waals surface area contributed by atoms with Crippen molar-refractivity contribution in [2.24, 2.45) is 5.92 Å². The van der Waals surface area contributed by atoms with Crippen LogP contribution >= 0.6 is 0 Å². The Morgan fingerprint density at radius 3 is 2.79 bits per heavy atom. The smallest absolute Gasteiger partial charge is 0.0207 e. The largest absolute Gasteiger partial charge is 0.313 e. The van der Waals surface area contributed by atoms with Crippen LogP contribution in [0, 0.1) is 5.92 Å². The summed E-state index contributed by atoms with van der Waals surface area (Å²) in [6.07, 6.45) is 5.78. The summed E-state index contributed by atoms with van der Waals surface area (Å²) in [4.78, 5) is 2.67. The molecule has 0 aromatic carbocycles. The first kappa shape index (κ1) is 10.4. The van der Waals surface area contributed by atoms with Crippen LogP contribution < -0.4 is 5.32 Å². The molecule has 1 saturated carbocycles. The Morgan fingerprint density at radius 2 is 2.14 bits per heavy atom. The molecule has 1 saturated heterocycles. The Balaban J connectivity index is 1.70. The van der Waals surface area contributed by atoms with Gasteiger partial charge in [0.2, 0.25) is 0 Å². The van der Waals surface area contributed by atoms with Crippen LogP contribution in [0.5, 0.6) is 0 Å². The second kappa shape index (κ2) is 4.63. The van der Waals surface area contributed by atoms with Crippen molar-refractivity contribution < 1.29 is 0 Å². The van der Waals surface area contributed by atoms with Crippen molar-refractivity contribution in [3.8, 4) is 0 Å². The van der Waals surface area contributed by atoms with E-state index in [1.54, 1.807) is 0 Å². The molecule has 2 rings (SSSR count). The maximum absolute atomic E-state index is 3.56. The molecular formula is C12H24N2. The van der Waals surface area contributed by atoms with E-state index in [9.17, 15) is 0 Å². The topological polar surface area (TPSA) is 15.3 Å². The fourth-order valence-corrected chi connectivity index (χ4v) is 2.63. The van der Waals surface area contributed by atoms with E-state index >= 15 is 0 Å². The van der Waals surface area contributed by atoms with Gasteiger partial charge in [0, 0.05) is 25.2 Å². The maximum Gasteiger partial charge on any atom is 0.0207 e. The van der Waals surface area contributed by atoms with Gasteiger partial charge < -0.3 is 5.32 Å². The summed E-state index contributed by atoms with van der Waals surface area (Å²) in [5.74, 6) is 1.07. The highest BCUT2D eigenvalue weighted by atomic mass is 15.2. The molecule has 0 aromatic heterocycles. The molecule has 14 heavy (non-hydrogen) atoms. The Kier molecular flexibility index (Phi) is 3.45. The molecule has 1 aliphatic heterocycles. The second-order valence-corrected chi connectivity index (χ2v) is 5.07. The summed E-state index contributed by atoms with van der Waals surface area (Å²) < 4.78 is 0. The lowest BCUT2D eigenvalue weighted by molar-refractivity contribution is 0.234. The normalized spacial score (nSPS) is 30.9. The van der Waals surface area contributed by atoms with Crippen molar-refractivity contribution in [2.75, 3.05) is 19.6 Å². The molecule has 0 spiro atoms. The van der Waals surface area contributed by atoms with Gasteiger partial charge in [-0.3, -0.25) is 4.90 Å². The van der Waals surface area contributed by atoms with Crippen molar-refractivity contribution in [1.29, 1.82) is 0 Å². The van der Waals surface area contributed by atoms with E-state index in [0.29, 0.717) is 0 Å². The van der Waals surface area contributed by atoms with Crippen molar-refractivity contribution in [3.05, 3.63) is 0 Å². The lowest BCUT2D eigenvalue weighted by Crippen LogP contribution is -2.36. The van der Waals surface area contributed by atoms with Crippen LogP contribution in [0.3, 0.4) is 0 Å². The minimum Gasteiger partial charge on any atom is -0.313 e. The Labute approximate surface area is 88.1 Å². The van der Waals surface area contributed by atoms with Crippen LogP contribution in [0.25, 0.3) is 0 Å². The fourth-order valence-electron chi connectivity index (χ4n) is 2.63. The summed E-state index contributed by atoms with van der Waals surface area (Å²) >= 11 is 0. The lowest BCUT2D eigenvalue weighted by atomic mass is 10.1. The van der Waals surface area contributed by atoms with Crippen molar-refractivity contribution in [3.63, 3.8) is 0 Å².